The van der Waals surface area contributed by atoms with E-state index in [9.17, 15) is 10.1 Å². The maximum absolute atomic E-state index is 11.1. The molecule has 6 heteroatoms. The second kappa shape index (κ2) is 6.45. The summed E-state index contributed by atoms with van der Waals surface area (Å²) in [6.07, 6.45) is 4.68. The summed E-state index contributed by atoms with van der Waals surface area (Å²) in [6, 6.07) is -0.0575. The van der Waals surface area contributed by atoms with Gasteiger partial charge < -0.3 is 24.8 Å². The average molecular weight is 309 g/mol. The summed E-state index contributed by atoms with van der Waals surface area (Å²) in [5.41, 5.74) is -0.953. The highest BCUT2D eigenvalue weighted by Crippen LogP contribution is 2.47. The van der Waals surface area contributed by atoms with Crippen LogP contribution < -0.4 is 5.23 Å². The van der Waals surface area contributed by atoms with Gasteiger partial charge in [0.25, 0.3) is 0 Å². The Bertz CT molecular complexity index is 416. The summed E-state index contributed by atoms with van der Waals surface area (Å²) < 4.78 is 12.1. The van der Waals surface area contributed by atoms with E-state index in [1.807, 2.05) is 13.8 Å². The van der Waals surface area contributed by atoms with Gasteiger partial charge in [-0.25, -0.2) is 0 Å². The van der Waals surface area contributed by atoms with Gasteiger partial charge in [-0.2, -0.15) is 0 Å². The Balaban J connectivity index is 2.27. The van der Waals surface area contributed by atoms with Crippen LogP contribution in [0.25, 0.3) is 0 Å². The summed E-state index contributed by atoms with van der Waals surface area (Å²) in [7, 11) is -0.636. The molecule has 1 heterocycles. The number of hydrogen-bond acceptors (Lipinski definition) is 5. The molecule has 1 saturated heterocycles. The van der Waals surface area contributed by atoms with Crippen LogP contribution >= 0.6 is 0 Å². The number of fused-ring (bicyclic) bond motifs is 1. The summed E-state index contributed by atoms with van der Waals surface area (Å²) >= 11 is 0. The fourth-order valence-electron chi connectivity index (χ4n) is 3.87. The van der Waals surface area contributed by atoms with E-state index in [1.54, 1.807) is 19.0 Å². The fourth-order valence-corrected chi connectivity index (χ4v) is 3.87. The second-order valence-electron chi connectivity index (χ2n) is 6.95. The highest BCUT2D eigenvalue weighted by Gasteiger charge is 2.58. The average Bonchev–Trinajstić information content (AvgIpc) is 2.84. The van der Waals surface area contributed by atoms with Crippen molar-refractivity contribution in [3.05, 3.63) is 25.3 Å². The number of hydrogen-bond donors (Lipinski definition) is 3. The minimum Gasteiger partial charge on any atom is -0.437 e. The highest BCUT2D eigenvalue weighted by atomic mass is 16.8. The first-order valence-electron chi connectivity index (χ1n) is 7.96. The Kier molecular flexibility index (Phi) is 5.19. The number of ether oxygens (including phenoxy) is 2. The van der Waals surface area contributed by atoms with E-state index >= 15 is 0 Å². The fraction of sp³-hybridized carbons (Fsp3) is 0.750. The normalized spacial score (nSPS) is 33.5. The SMILES string of the molecule is C=CCC(O)(CC=C)[C@H]1C[C@@H](NB(C)O)[C@@H]2OC(C)(C)O[C@@H]21. The van der Waals surface area contributed by atoms with Crippen LogP contribution in [0, 0.1) is 5.92 Å². The van der Waals surface area contributed by atoms with Gasteiger partial charge in [-0.1, -0.05) is 12.2 Å². The van der Waals surface area contributed by atoms with Crippen molar-refractivity contribution in [2.45, 2.75) is 69.6 Å². The molecule has 22 heavy (non-hydrogen) atoms. The lowest BCUT2D eigenvalue weighted by Crippen LogP contribution is -2.46. The van der Waals surface area contributed by atoms with E-state index in [0.717, 1.165) is 0 Å². The molecule has 0 spiro atoms. The molecule has 2 rings (SSSR count). The van der Waals surface area contributed by atoms with Gasteiger partial charge in [-0.3, -0.25) is 0 Å². The molecular weight excluding hydrogens is 281 g/mol. The van der Waals surface area contributed by atoms with Gasteiger partial charge in [0, 0.05) is 12.0 Å². The zero-order valence-corrected chi connectivity index (χ0v) is 13.8. The first-order valence-corrected chi connectivity index (χ1v) is 7.96. The maximum Gasteiger partial charge on any atom is 0.373 e. The molecule has 1 aliphatic heterocycles. The number of aliphatic hydroxyl groups is 1. The first-order chi connectivity index (χ1) is 10.2. The van der Waals surface area contributed by atoms with Gasteiger partial charge in [-0.15, -0.1) is 13.2 Å². The molecule has 0 amide bonds. The van der Waals surface area contributed by atoms with Crippen LogP contribution in [-0.2, 0) is 9.47 Å². The third kappa shape index (κ3) is 3.47. The molecule has 1 aliphatic carbocycles. The first kappa shape index (κ1) is 17.7. The Hall–Kier alpha value is -0.655. The van der Waals surface area contributed by atoms with Crippen molar-refractivity contribution in [2.75, 3.05) is 0 Å². The predicted molar refractivity (Wildman–Crippen MR) is 87.3 cm³/mol. The van der Waals surface area contributed by atoms with Gasteiger partial charge in [0.15, 0.2) is 5.79 Å². The summed E-state index contributed by atoms with van der Waals surface area (Å²) in [5.74, 6) is -0.790. The van der Waals surface area contributed by atoms with Gasteiger partial charge in [0.2, 0.25) is 0 Å². The lowest BCUT2D eigenvalue weighted by molar-refractivity contribution is -0.170. The molecule has 0 radical (unpaired) electrons. The smallest absolute Gasteiger partial charge is 0.373 e. The minimum absolute atomic E-state index is 0.0575. The summed E-state index contributed by atoms with van der Waals surface area (Å²) in [4.78, 5) is 0. The molecule has 3 N–H and O–H groups in total. The van der Waals surface area contributed by atoms with Crippen LogP contribution in [0.5, 0.6) is 0 Å². The molecule has 124 valence electrons. The Morgan fingerprint density at radius 1 is 1.27 bits per heavy atom. The lowest BCUT2D eigenvalue weighted by Gasteiger charge is -2.36. The largest absolute Gasteiger partial charge is 0.437 e. The van der Waals surface area contributed by atoms with Crippen molar-refractivity contribution in [1.29, 1.82) is 0 Å². The molecule has 0 bridgehead atoms. The Morgan fingerprint density at radius 3 is 2.32 bits per heavy atom. The van der Waals surface area contributed by atoms with Crippen molar-refractivity contribution in [3.63, 3.8) is 0 Å². The quantitative estimate of drug-likeness (QED) is 0.491. The minimum atomic E-state index is -0.953. The Labute approximate surface area is 133 Å². The zero-order valence-electron chi connectivity index (χ0n) is 13.8. The van der Waals surface area contributed by atoms with Crippen LogP contribution in [0.1, 0.15) is 33.1 Å². The predicted octanol–water partition coefficient (Wildman–Crippen LogP) is 1.48. The van der Waals surface area contributed by atoms with E-state index in [2.05, 4.69) is 18.4 Å². The van der Waals surface area contributed by atoms with Crippen LogP contribution in [0.2, 0.25) is 6.82 Å². The zero-order chi connectivity index (χ0) is 16.5. The molecule has 5 nitrogen and oxygen atoms in total. The standard InChI is InChI=1S/C16H28BNO4/c1-6-8-16(19,9-7-2)11-10-12(18-17(5)20)14-13(11)21-15(3,4)22-14/h6-7,11-14,18-20H,1-2,8-10H2,3-5H3/t11-,12+,13+,14-/m0/s1. The topological polar surface area (TPSA) is 71.0 Å². The molecule has 0 aromatic carbocycles. The van der Waals surface area contributed by atoms with Gasteiger partial charge >= 0.3 is 7.05 Å². The van der Waals surface area contributed by atoms with Gasteiger partial charge in [-0.05, 0) is 39.9 Å². The van der Waals surface area contributed by atoms with E-state index in [1.165, 1.54) is 0 Å². The Morgan fingerprint density at radius 2 is 1.82 bits per heavy atom. The molecule has 2 aliphatic rings. The van der Waals surface area contributed by atoms with Crippen LogP contribution in [-0.4, -0.2) is 46.8 Å². The van der Waals surface area contributed by atoms with Crippen molar-refractivity contribution in [2.24, 2.45) is 5.92 Å². The van der Waals surface area contributed by atoms with E-state index in [0.29, 0.717) is 19.3 Å². The van der Waals surface area contributed by atoms with E-state index < -0.39 is 18.4 Å². The molecule has 2 fully saturated rings. The molecule has 4 atom stereocenters. The van der Waals surface area contributed by atoms with Crippen LogP contribution in [0.15, 0.2) is 25.3 Å². The third-order valence-corrected chi connectivity index (χ3v) is 4.61. The number of rotatable bonds is 7. The van der Waals surface area contributed by atoms with Crippen molar-refractivity contribution in [1.82, 2.24) is 5.23 Å². The summed E-state index contributed by atoms with van der Waals surface area (Å²) in [6.45, 7) is 13.0. The highest BCUT2D eigenvalue weighted by molar-refractivity contribution is 6.45. The molecule has 1 saturated carbocycles. The summed E-state index contributed by atoms with van der Waals surface area (Å²) in [5, 5.41) is 23.9. The van der Waals surface area contributed by atoms with E-state index in [-0.39, 0.29) is 24.2 Å². The molecule has 0 unspecified atom stereocenters. The van der Waals surface area contributed by atoms with Gasteiger partial charge in [0.05, 0.1) is 11.7 Å². The van der Waals surface area contributed by atoms with Crippen molar-refractivity contribution in [3.8, 4) is 0 Å². The lowest BCUT2D eigenvalue weighted by atomic mass is 9.79. The van der Waals surface area contributed by atoms with Crippen molar-refractivity contribution >= 4 is 7.05 Å². The molecule has 0 aromatic heterocycles. The third-order valence-electron chi connectivity index (χ3n) is 4.61. The van der Waals surface area contributed by atoms with Crippen molar-refractivity contribution < 1.29 is 19.6 Å². The maximum atomic E-state index is 11.1. The second-order valence-corrected chi connectivity index (χ2v) is 6.95. The van der Waals surface area contributed by atoms with E-state index in [4.69, 9.17) is 9.47 Å². The van der Waals surface area contributed by atoms with Crippen LogP contribution in [0.4, 0.5) is 0 Å². The molecule has 0 aromatic rings. The number of nitrogens with one attached hydrogen (secondary N) is 1. The monoisotopic (exact) mass is 309 g/mol. The van der Waals surface area contributed by atoms with Gasteiger partial charge in [0.1, 0.15) is 6.10 Å². The van der Waals surface area contributed by atoms with Crippen LogP contribution in [0.3, 0.4) is 0 Å². The molecular formula is C16H28BNO4.